The third kappa shape index (κ3) is 7.70. The number of carbonyl (C=O) groups excluding carboxylic acids is 1. The molecule has 0 fully saturated rings. The lowest BCUT2D eigenvalue weighted by Crippen LogP contribution is -2.23. The highest BCUT2D eigenvalue weighted by molar-refractivity contribution is 5.94. The van der Waals surface area contributed by atoms with Crippen LogP contribution in [0.3, 0.4) is 0 Å². The smallest absolute Gasteiger partial charge is 0.490 e. The van der Waals surface area contributed by atoms with Crippen molar-refractivity contribution in [2.45, 2.75) is 32.7 Å². The zero-order chi connectivity index (χ0) is 23.7. The molecule has 9 nitrogen and oxygen atoms in total. The minimum absolute atomic E-state index is 0.0979. The van der Waals surface area contributed by atoms with Gasteiger partial charge >= 0.3 is 12.1 Å². The van der Waals surface area contributed by atoms with E-state index in [1.54, 1.807) is 36.7 Å². The first-order valence-corrected chi connectivity index (χ1v) is 9.23. The summed E-state index contributed by atoms with van der Waals surface area (Å²) in [6, 6.07) is 10.7. The largest absolute Gasteiger partial charge is 0.491 e. The number of nitrogens with one attached hydrogen (secondary N) is 2. The van der Waals surface area contributed by atoms with Gasteiger partial charge in [-0.25, -0.2) is 9.78 Å². The number of carbonyl (C=O) groups is 2. The van der Waals surface area contributed by atoms with Crippen LogP contribution >= 0.6 is 0 Å². The quantitative estimate of drug-likeness (QED) is 0.525. The summed E-state index contributed by atoms with van der Waals surface area (Å²) in [6.07, 6.45) is -1.62. The van der Waals surface area contributed by atoms with Crippen LogP contribution in [0.1, 0.15) is 30.0 Å². The third-order valence-electron chi connectivity index (χ3n) is 3.62. The fourth-order valence-corrected chi connectivity index (χ4v) is 2.23. The van der Waals surface area contributed by atoms with Crippen LogP contribution in [-0.4, -0.2) is 49.4 Å². The lowest BCUT2D eigenvalue weighted by atomic mass is 10.2. The number of nitrogens with zero attached hydrogens (tertiary/aromatic N) is 3. The maximum absolute atomic E-state index is 12.2. The van der Waals surface area contributed by atoms with Gasteiger partial charge < -0.3 is 15.2 Å². The number of aliphatic carboxylic acids is 1. The summed E-state index contributed by atoms with van der Waals surface area (Å²) in [6.45, 7) is 4.18. The summed E-state index contributed by atoms with van der Waals surface area (Å²) in [5.41, 5.74) is 1.43. The van der Waals surface area contributed by atoms with Crippen LogP contribution in [0.15, 0.2) is 48.8 Å². The highest BCUT2D eigenvalue weighted by atomic mass is 19.4. The Morgan fingerprint density at radius 1 is 1.12 bits per heavy atom. The van der Waals surface area contributed by atoms with E-state index >= 15 is 0 Å². The molecule has 0 radical (unpaired) electrons. The predicted octanol–water partition coefficient (Wildman–Crippen LogP) is 3.22. The number of carboxylic acid groups (broad SMARTS) is 1. The van der Waals surface area contributed by atoms with E-state index in [1.165, 1.54) is 0 Å². The van der Waals surface area contributed by atoms with E-state index < -0.39 is 12.1 Å². The molecule has 0 bridgehead atoms. The van der Waals surface area contributed by atoms with E-state index in [-0.39, 0.29) is 18.6 Å². The van der Waals surface area contributed by atoms with Crippen molar-refractivity contribution in [3.05, 3.63) is 60.2 Å². The Labute approximate surface area is 180 Å². The molecule has 0 saturated heterocycles. The van der Waals surface area contributed by atoms with Crippen LogP contribution in [0.4, 0.5) is 13.2 Å². The molecule has 1 amide bonds. The van der Waals surface area contributed by atoms with Gasteiger partial charge in [-0.2, -0.15) is 18.3 Å². The van der Waals surface area contributed by atoms with Gasteiger partial charge in [0.05, 0.1) is 12.6 Å². The van der Waals surface area contributed by atoms with E-state index in [9.17, 15) is 18.0 Å². The number of alkyl halides is 3. The Morgan fingerprint density at radius 3 is 2.25 bits per heavy atom. The molecule has 3 aromatic rings. The van der Waals surface area contributed by atoms with Gasteiger partial charge in [-0.1, -0.05) is 0 Å². The molecule has 3 rings (SSSR count). The van der Waals surface area contributed by atoms with Gasteiger partial charge in [0, 0.05) is 23.5 Å². The lowest BCUT2D eigenvalue weighted by Gasteiger charge is -2.10. The number of pyridine rings is 1. The molecule has 0 aliphatic rings. The number of amides is 1. The van der Waals surface area contributed by atoms with Gasteiger partial charge in [0.1, 0.15) is 11.6 Å². The molecule has 2 aromatic heterocycles. The van der Waals surface area contributed by atoms with Crippen molar-refractivity contribution in [3.63, 3.8) is 0 Å². The SMILES string of the molecule is CC(C)Oc1ccc(C(=O)NCc2nc(-c3ccncc3)n[nH]2)cc1.O=C(O)C(F)(F)F. The summed E-state index contributed by atoms with van der Waals surface area (Å²) in [5, 5.41) is 16.9. The Bertz CT molecular complexity index is 1020. The molecular weight excluding hydrogens is 431 g/mol. The Balaban J connectivity index is 0.000000451. The molecule has 2 heterocycles. The number of ether oxygens (including phenoxy) is 1. The second-order valence-electron chi connectivity index (χ2n) is 6.52. The fraction of sp³-hybridized carbons (Fsp3) is 0.250. The van der Waals surface area contributed by atoms with Crippen molar-refractivity contribution >= 4 is 11.9 Å². The van der Waals surface area contributed by atoms with Gasteiger partial charge in [-0.3, -0.25) is 14.9 Å². The predicted molar refractivity (Wildman–Crippen MR) is 107 cm³/mol. The first kappa shape index (κ1) is 24.3. The molecular formula is C20H20F3N5O4. The maximum Gasteiger partial charge on any atom is 0.490 e. The van der Waals surface area contributed by atoms with Crippen molar-refractivity contribution < 1.29 is 32.6 Å². The number of rotatable bonds is 6. The monoisotopic (exact) mass is 451 g/mol. The van der Waals surface area contributed by atoms with Crippen molar-refractivity contribution in [3.8, 4) is 17.1 Å². The average Bonchev–Trinajstić information content (AvgIpc) is 3.22. The fourth-order valence-electron chi connectivity index (χ4n) is 2.23. The van der Waals surface area contributed by atoms with Crippen LogP contribution in [-0.2, 0) is 11.3 Å². The first-order chi connectivity index (χ1) is 15.1. The molecule has 0 unspecified atom stereocenters. The van der Waals surface area contributed by atoms with Gasteiger partial charge in [0.15, 0.2) is 5.82 Å². The molecule has 0 saturated carbocycles. The van der Waals surface area contributed by atoms with E-state index in [0.29, 0.717) is 17.2 Å². The highest BCUT2D eigenvalue weighted by Crippen LogP contribution is 2.15. The molecule has 0 aliphatic carbocycles. The van der Waals surface area contributed by atoms with E-state index in [2.05, 4.69) is 25.5 Å². The summed E-state index contributed by atoms with van der Waals surface area (Å²) in [5.74, 6) is -1.05. The van der Waals surface area contributed by atoms with Crippen LogP contribution in [0.2, 0.25) is 0 Å². The van der Waals surface area contributed by atoms with Gasteiger partial charge in [-0.15, -0.1) is 0 Å². The maximum atomic E-state index is 12.2. The molecule has 32 heavy (non-hydrogen) atoms. The van der Waals surface area contributed by atoms with Crippen molar-refractivity contribution in [2.24, 2.45) is 0 Å². The normalized spacial score (nSPS) is 10.8. The van der Waals surface area contributed by atoms with Crippen LogP contribution in [0.5, 0.6) is 5.75 Å². The molecule has 170 valence electrons. The standard InChI is InChI=1S/C18H19N5O2.C2HF3O2/c1-12(2)25-15-5-3-14(4-6-15)18(24)20-11-16-21-17(23-22-16)13-7-9-19-10-8-13;3-2(4,5)1(6)7/h3-10,12H,11H2,1-2H3,(H,20,24)(H,21,22,23);(H,6,7). The van der Waals surface area contributed by atoms with E-state index in [0.717, 1.165) is 11.3 Å². The lowest BCUT2D eigenvalue weighted by molar-refractivity contribution is -0.192. The van der Waals surface area contributed by atoms with Crippen molar-refractivity contribution in [2.75, 3.05) is 0 Å². The van der Waals surface area contributed by atoms with Gasteiger partial charge in [-0.05, 0) is 50.2 Å². The minimum Gasteiger partial charge on any atom is -0.491 e. The molecule has 0 aliphatic heterocycles. The second-order valence-corrected chi connectivity index (χ2v) is 6.52. The summed E-state index contributed by atoms with van der Waals surface area (Å²) < 4.78 is 37.3. The molecule has 1 aromatic carbocycles. The van der Waals surface area contributed by atoms with E-state index in [4.69, 9.17) is 14.6 Å². The Morgan fingerprint density at radius 2 is 1.72 bits per heavy atom. The Hall–Kier alpha value is -3.96. The summed E-state index contributed by atoms with van der Waals surface area (Å²) in [4.78, 5) is 29.4. The molecule has 12 heteroatoms. The topological polar surface area (TPSA) is 130 Å². The first-order valence-electron chi connectivity index (χ1n) is 9.23. The molecule has 0 spiro atoms. The number of H-pyrrole nitrogens is 1. The zero-order valence-electron chi connectivity index (χ0n) is 17.1. The van der Waals surface area contributed by atoms with Gasteiger partial charge in [0.25, 0.3) is 5.91 Å². The van der Waals surface area contributed by atoms with Crippen LogP contribution < -0.4 is 10.1 Å². The van der Waals surface area contributed by atoms with Crippen molar-refractivity contribution in [1.82, 2.24) is 25.5 Å². The number of aromatic nitrogens is 4. The minimum atomic E-state index is -5.08. The summed E-state index contributed by atoms with van der Waals surface area (Å²) >= 11 is 0. The third-order valence-corrected chi connectivity index (χ3v) is 3.62. The number of carboxylic acids is 1. The van der Waals surface area contributed by atoms with Crippen LogP contribution in [0, 0.1) is 0 Å². The summed E-state index contributed by atoms with van der Waals surface area (Å²) in [7, 11) is 0. The number of hydrogen-bond acceptors (Lipinski definition) is 6. The van der Waals surface area contributed by atoms with Crippen LogP contribution in [0.25, 0.3) is 11.4 Å². The zero-order valence-corrected chi connectivity index (χ0v) is 17.1. The Kier molecular flexibility index (Phi) is 8.27. The van der Waals surface area contributed by atoms with E-state index in [1.807, 2.05) is 26.0 Å². The molecule has 3 N–H and O–H groups in total. The van der Waals surface area contributed by atoms with Crippen molar-refractivity contribution in [1.29, 1.82) is 0 Å². The number of benzene rings is 1. The number of halogens is 3. The van der Waals surface area contributed by atoms with Gasteiger partial charge in [0.2, 0.25) is 0 Å². The molecule has 0 atom stereocenters. The average molecular weight is 451 g/mol. The highest BCUT2D eigenvalue weighted by Gasteiger charge is 2.38. The number of hydrogen-bond donors (Lipinski definition) is 3. The number of aromatic amines is 1. The second kappa shape index (κ2) is 10.9.